The van der Waals surface area contributed by atoms with Gasteiger partial charge in [0.1, 0.15) is 0 Å². The third-order valence-electron chi connectivity index (χ3n) is 3.64. The minimum absolute atomic E-state index is 0.747. The molecule has 0 atom stereocenters. The summed E-state index contributed by atoms with van der Waals surface area (Å²) in [4.78, 5) is 0. The third kappa shape index (κ3) is 15.3. The molecule has 0 aliphatic rings. The monoisotopic (exact) mass is 479 g/mol. The van der Waals surface area contributed by atoms with Crippen molar-refractivity contribution < 1.29 is 0 Å². The van der Waals surface area contributed by atoms with E-state index >= 15 is 0 Å². The first-order valence-corrected chi connectivity index (χ1v) is 13.0. The van der Waals surface area contributed by atoms with Gasteiger partial charge in [-0.05, 0) is 39.8 Å². The molecule has 1 heterocycles. The second-order valence-electron chi connectivity index (χ2n) is 5.49. The van der Waals surface area contributed by atoms with E-state index in [1.165, 1.54) is 0 Å². The van der Waals surface area contributed by atoms with Crippen LogP contribution in [0.15, 0.2) is 92.1 Å². The van der Waals surface area contributed by atoms with Crippen molar-refractivity contribution in [2.45, 2.75) is 83.1 Å². The van der Waals surface area contributed by atoms with E-state index in [-0.39, 0.29) is 0 Å². The molecule has 0 spiro atoms. The van der Waals surface area contributed by atoms with Gasteiger partial charge in [0.05, 0.1) is 0 Å². The van der Waals surface area contributed by atoms with Crippen LogP contribution in [-0.2, 0) is 0 Å². The predicted octanol–water partition coefficient (Wildman–Crippen LogP) is 10.7. The zero-order valence-corrected chi connectivity index (χ0v) is 24.8. The molecule has 0 bridgehead atoms. The average molecular weight is 480 g/mol. The van der Waals surface area contributed by atoms with E-state index in [0.29, 0.717) is 0 Å². The van der Waals surface area contributed by atoms with Crippen LogP contribution < -0.4 is 0 Å². The van der Waals surface area contributed by atoms with Crippen LogP contribution >= 0.6 is 0 Å². The van der Waals surface area contributed by atoms with Crippen LogP contribution in [0.2, 0.25) is 0 Å². The van der Waals surface area contributed by atoms with E-state index in [1.807, 2.05) is 161 Å². The van der Waals surface area contributed by atoms with Gasteiger partial charge in [0.2, 0.25) is 0 Å². The number of allylic oxidation sites excluding steroid dienone is 16. The maximum absolute atomic E-state index is 4.49. The Hall–Kier alpha value is -3.20. The predicted molar refractivity (Wildman–Crippen MR) is 165 cm³/mol. The van der Waals surface area contributed by atoms with Gasteiger partial charge in [-0.2, -0.15) is 0 Å². The van der Waals surface area contributed by atoms with Crippen molar-refractivity contribution in [3.05, 3.63) is 104 Å². The number of hydrogen-bond donors (Lipinski definition) is 0. The van der Waals surface area contributed by atoms with Crippen LogP contribution in [-0.4, -0.2) is 14.8 Å². The molecule has 0 aliphatic carbocycles. The molecule has 0 saturated heterocycles. The molecule has 1 aromatic heterocycles. The molecule has 3 nitrogen and oxygen atoms in total. The minimum Gasteiger partial charge on any atom is -0.275 e. The molecule has 0 aliphatic heterocycles. The Morgan fingerprint density at radius 3 is 1.51 bits per heavy atom. The highest BCUT2D eigenvalue weighted by atomic mass is 15.3. The lowest BCUT2D eigenvalue weighted by Gasteiger charge is -2.12. The molecule has 196 valence electrons. The van der Waals surface area contributed by atoms with Crippen LogP contribution in [0, 0.1) is 0 Å². The van der Waals surface area contributed by atoms with Gasteiger partial charge in [-0.1, -0.05) is 135 Å². The summed E-state index contributed by atoms with van der Waals surface area (Å²) in [6, 6.07) is 0. The van der Waals surface area contributed by atoms with E-state index in [9.17, 15) is 0 Å². The minimum atomic E-state index is 0.747. The topological polar surface area (TPSA) is 30.7 Å². The molecule has 0 radical (unpaired) electrons. The lowest BCUT2D eigenvalue weighted by molar-refractivity contribution is 1.05. The molecule has 0 fully saturated rings. The van der Waals surface area contributed by atoms with Gasteiger partial charge in [-0.3, -0.25) is 4.57 Å². The second kappa shape index (κ2) is 30.8. The highest BCUT2D eigenvalue weighted by Gasteiger charge is 2.17. The van der Waals surface area contributed by atoms with Crippen LogP contribution in [0.4, 0.5) is 0 Å². The van der Waals surface area contributed by atoms with Gasteiger partial charge in [0.25, 0.3) is 0 Å². The molecule has 1 aromatic rings. The molecular formula is C32H53N3. The van der Waals surface area contributed by atoms with Crippen molar-refractivity contribution in [3.8, 4) is 0 Å². The molecule has 0 unspecified atom stereocenters. The first-order chi connectivity index (χ1) is 17.2. The zero-order chi connectivity index (χ0) is 28.1. The van der Waals surface area contributed by atoms with Crippen molar-refractivity contribution in [1.29, 1.82) is 0 Å². The largest absolute Gasteiger partial charge is 0.275 e. The fourth-order valence-electron chi connectivity index (χ4n) is 2.39. The van der Waals surface area contributed by atoms with Gasteiger partial charge < -0.3 is 0 Å². The lowest BCUT2D eigenvalue weighted by atomic mass is 10.1. The van der Waals surface area contributed by atoms with Crippen molar-refractivity contribution in [1.82, 2.24) is 14.8 Å². The van der Waals surface area contributed by atoms with Crippen LogP contribution in [0.25, 0.3) is 16.8 Å². The standard InChI is InChI=1S/C24H29N3.4C2H6/c1-7-13-17-20(11-5)23-25-26-24(21(16-10-4)18-14-8-2)27(23)22(12-6)19-15-9-3;4*1-2/h7-19H,1,6H2,2-5H3;4*1-2H3/b14-8-,15-9-,16-10-,17-13-,20-11+,21-18+,22-19+;;;;. The Kier molecular flexibility index (Phi) is 34.3. The summed E-state index contributed by atoms with van der Waals surface area (Å²) >= 11 is 0. The molecule has 1 rings (SSSR count). The Morgan fingerprint density at radius 1 is 0.629 bits per heavy atom. The highest BCUT2D eigenvalue weighted by Crippen LogP contribution is 2.25. The first kappa shape index (κ1) is 39.0. The van der Waals surface area contributed by atoms with E-state index in [0.717, 1.165) is 28.5 Å². The molecular weight excluding hydrogens is 426 g/mol. The quantitative estimate of drug-likeness (QED) is 0.330. The Labute approximate surface area is 218 Å². The summed E-state index contributed by atoms with van der Waals surface area (Å²) in [5, 5.41) is 8.96. The summed E-state index contributed by atoms with van der Waals surface area (Å²) in [5.74, 6) is 1.50. The summed E-state index contributed by atoms with van der Waals surface area (Å²) in [6.45, 7) is 31.7. The van der Waals surface area contributed by atoms with Gasteiger partial charge in [-0.15, -0.1) is 10.2 Å². The van der Waals surface area contributed by atoms with E-state index in [4.69, 9.17) is 0 Å². The van der Waals surface area contributed by atoms with Crippen molar-refractivity contribution in [3.63, 3.8) is 0 Å². The number of nitrogens with zero attached hydrogens (tertiary/aromatic N) is 3. The molecule has 0 amide bonds. The summed E-state index contributed by atoms with van der Waals surface area (Å²) < 4.78 is 2.02. The van der Waals surface area contributed by atoms with Crippen molar-refractivity contribution in [2.24, 2.45) is 0 Å². The van der Waals surface area contributed by atoms with E-state index in [2.05, 4.69) is 23.4 Å². The zero-order valence-electron chi connectivity index (χ0n) is 24.8. The summed E-state index contributed by atoms with van der Waals surface area (Å²) in [5.41, 5.74) is 2.81. The van der Waals surface area contributed by atoms with Crippen LogP contribution in [0.1, 0.15) is 94.7 Å². The van der Waals surface area contributed by atoms with Crippen LogP contribution in [0.5, 0.6) is 0 Å². The number of aromatic nitrogens is 3. The molecule has 0 aromatic carbocycles. The van der Waals surface area contributed by atoms with Crippen molar-refractivity contribution in [2.75, 3.05) is 0 Å². The Bertz CT molecular complexity index is 851. The van der Waals surface area contributed by atoms with Gasteiger partial charge in [-0.25, -0.2) is 0 Å². The maximum Gasteiger partial charge on any atom is 0.168 e. The Morgan fingerprint density at radius 2 is 1.11 bits per heavy atom. The summed E-state index contributed by atoms with van der Waals surface area (Å²) in [7, 11) is 0. The SMILES string of the molecule is C=C/C=C\C(=C/C)c1nnc(C(/C=C\C)=C/C=C\C)n1/C(C=C)=C/C=C\C.CC.CC.CC.CC. The fraction of sp³-hybridized carbons (Fsp3) is 0.375. The molecule has 0 saturated carbocycles. The van der Waals surface area contributed by atoms with Gasteiger partial charge in [0.15, 0.2) is 11.6 Å². The molecule has 35 heavy (non-hydrogen) atoms. The van der Waals surface area contributed by atoms with E-state index < -0.39 is 0 Å². The van der Waals surface area contributed by atoms with Crippen LogP contribution in [0.3, 0.4) is 0 Å². The van der Waals surface area contributed by atoms with E-state index in [1.54, 1.807) is 6.08 Å². The first-order valence-electron chi connectivity index (χ1n) is 13.0. The highest BCUT2D eigenvalue weighted by molar-refractivity contribution is 5.79. The fourth-order valence-corrected chi connectivity index (χ4v) is 2.39. The number of rotatable bonds is 9. The second-order valence-corrected chi connectivity index (χ2v) is 5.49. The molecule has 3 heteroatoms. The van der Waals surface area contributed by atoms with Gasteiger partial charge in [0, 0.05) is 16.8 Å². The molecule has 0 N–H and O–H groups in total. The third-order valence-corrected chi connectivity index (χ3v) is 3.64. The maximum atomic E-state index is 4.49. The normalized spacial score (nSPS) is 11.7. The smallest absolute Gasteiger partial charge is 0.168 e. The summed E-state index contributed by atoms with van der Waals surface area (Å²) in [6.07, 6.45) is 25.4. The van der Waals surface area contributed by atoms with Gasteiger partial charge >= 0.3 is 0 Å². The van der Waals surface area contributed by atoms with Crippen molar-refractivity contribution >= 4 is 16.8 Å². The lowest BCUT2D eigenvalue weighted by Crippen LogP contribution is -2.05. The average Bonchev–Trinajstić information content (AvgIpc) is 3.36. The number of hydrogen-bond acceptors (Lipinski definition) is 2. The Balaban J connectivity index is -0.000000542.